The smallest absolute Gasteiger partial charge is 0.247 e. The molecule has 0 radical (unpaired) electrons. The highest BCUT2D eigenvalue weighted by Crippen LogP contribution is 2.19. The van der Waals surface area contributed by atoms with Crippen molar-refractivity contribution in [1.29, 1.82) is 0 Å². The normalized spacial score (nSPS) is 13.2. The largest absolute Gasteiger partial charge is 0.374 e. The van der Waals surface area contributed by atoms with Gasteiger partial charge in [0, 0.05) is 18.7 Å². The zero-order valence-corrected chi connectivity index (χ0v) is 17.7. The topological polar surface area (TPSA) is 81.9 Å². The van der Waals surface area contributed by atoms with E-state index in [1.54, 1.807) is 0 Å². The zero-order valence-electron chi connectivity index (χ0n) is 17.7. The number of amides is 1. The highest BCUT2D eigenvalue weighted by atomic mass is 16.5. The van der Waals surface area contributed by atoms with Crippen molar-refractivity contribution < 1.29 is 9.53 Å². The number of rotatable bonds is 10. The van der Waals surface area contributed by atoms with E-state index in [1.807, 2.05) is 69.3 Å². The van der Waals surface area contributed by atoms with E-state index in [9.17, 15) is 4.79 Å². The molecule has 0 aliphatic carbocycles. The first kappa shape index (κ1) is 21.6. The Morgan fingerprint density at radius 2 is 1.70 bits per heavy atom. The fraction of sp³-hybridized carbons (Fsp3) is 0.391. The average molecular weight is 408 g/mol. The summed E-state index contributed by atoms with van der Waals surface area (Å²) in [6.45, 7) is 7.08. The predicted octanol–water partition coefficient (Wildman–Crippen LogP) is 3.82. The number of aromatic nitrogens is 4. The van der Waals surface area contributed by atoms with Crippen molar-refractivity contribution >= 4 is 5.91 Å². The second kappa shape index (κ2) is 10.6. The number of ether oxygens (including phenoxy) is 1. The quantitative estimate of drug-likeness (QED) is 0.517. The van der Waals surface area contributed by atoms with Crippen LogP contribution in [0.25, 0.3) is 11.4 Å². The second-order valence-electron chi connectivity index (χ2n) is 7.56. The number of carbonyl (C=O) groups excluding carboxylic acids is 1. The molecule has 1 amide bonds. The molecule has 7 heteroatoms. The van der Waals surface area contributed by atoms with Gasteiger partial charge in [0.15, 0.2) is 6.04 Å². The van der Waals surface area contributed by atoms with Gasteiger partial charge in [-0.2, -0.15) is 4.80 Å². The molecule has 0 aliphatic heterocycles. The lowest BCUT2D eigenvalue weighted by molar-refractivity contribution is -0.126. The minimum Gasteiger partial charge on any atom is -0.374 e. The van der Waals surface area contributed by atoms with Gasteiger partial charge in [0.05, 0.1) is 6.10 Å². The van der Waals surface area contributed by atoms with E-state index < -0.39 is 6.04 Å². The standard InChI is InChI=1S/C23H29N5O2/c1-17(2)21(28-26-22(25-27-28)20-13-8-5-9-14-20)23(29)24-15-10-16-30-18(3)19-11-6-4-7-12-19/h4-9,11-14,17-18,21H,10,15-16H2,1-3H3,(H,24,29). The molecule has 0 aliphatic rings. The lowest BCUT2D eigenvalue weighted by Crippen LogP contribution is -2.37. The molecule has 3 rings (SSSR count). The maximum atomic E-state index is 12.8. The third kappa shape index (κ3) is 5.73. The fourth-order valence-corrected chi connectivity index (χ4v) is 3.19. The van der Waals surface area contributed by atoms with Crippen LogP contribution < -0.4 is 5.32 Å². The molecule has 2 atom stereocenters. The van der Waals surface area contributed by atoms with E-state index in [0.717, 1.165) is 17.5 Å². The van der Waals surface area contributed by atoms with Crippen LogP contribution in [0.4, 0.5) is 0 Å². The van der Waals surface area contributed by atoms with Crippen molar-refractivity contribution in [2.75, 3.05) is 13.2 Å². The Labute approximate surface area is 177 Å². The summed E-state index contributed by atoms with van der Waals surface area (Å²) in [5.74, 6) is 0.424. The number of tetrazole rings is 1. The van der Waals surface area contributed by atoms with Crippen LogP contribution >= 0.6 is 0 Å². The summed E-state index contributed by atoms with van der Waals surface area (Å²) in [6.07, 6.45) is 0.759. The number of carbonyl (C=O) groups is 1. The van der Waals surface area contributed by atoms with Crippen LogP contribution in [0.3, 0.4) is 0 Å². The Kier molecular flexibility index (Phi) is 7.68. The lowest BCUT2D eigenvalue weighted by atomic mass is 10.0. The fourth-order valence-electron chi connectivity index (χ4n) is 3.19. The van der Waals surface area contributed by atoms with E-state index in [-0.39, 0.29) is 17.9 Å². The van der Waals surface area contributed by atoms with Gasteiger partial charge in [0.1, 0.15) is 0 Å². The number of benzene rings is 2. The first-order valence-corrected chi connectivity index (χ1v) is 10.4. The lowest BCUT2D eigenvalue weighted by Gasteiger charge is -2.19. The van der Waals surface area contributed by atoms with Crippen LogP contribution in [-0.2, 0) is 9.53 Å². The molecule has 1 N–H and O–H groups in total. The van der Waals surface area contributed by atoms with Crippen LogP contribution in [0.5, 0.6) is 0 Å². The number of hydrogen-bond donors (Lipinski definition) is 1. The molecule has 2 unspecified atom stereocenters. The molecule has 0 bridgehead atoms. The summed E-state index contributed by atoms with van der Waals surface area (Å²) in [6, 6.07) is 19.2. The maximum absolute atomic E-state index is 12.8. The molecule has 7 nitrogen and oxygen atoms in total. The number of hydrogen-bond acceptors (Lipinski definition) is 5. The number of nitrogens with one attached hydrogen (secondary N) is 1. The van der Waals surface area contributed by atoms with Crippen molar-refractivity contribution in [2.45, 2.75) is 39.3 Å². The van der Waals surface area contributed by atoms with Crippen molar-refractivity contribution in [3.63, 3.8) is 0 Å². The van der Waals surface area contributed by atoms with Gasteiger partial charge < -0.3 is 10.1 Å². The predicted molar refractivity (Wildman–Crippen MR) is 116 cm³/mol. The molecular formula is C23H29N5O2. The maximum Gasteiger partial charge on any atom is 0.247 e. The van der Waals surface area contributed by atoms with Crippen LogP contribution in [-0.4, -0.2) is 39.3 Å². The van der Waals surface area contributed by atoms with Gasteiger partial charge in [0.2, 0.25) is 11.7 Å². The van der Waals surface area contributed by atoms with Gasteiger partial charge in [-0.25, -0.2) is 0 Å². The molecular weight excluding hydrogens is 378 g/mol. The Morgan fingerprint density at radius 1 is 1.03 bits per heavy atom. The van der Waals surface area contributed by atoms with Crippen LogP contribution in [0.15, 0.2) is 60.7 Å². The third-order valence-electron chi connectivity index (χ3n) is 4.87. The molecule has 0 saturated carbocycles. The molecule has 0 fully saturated rings. The van der Waals surface area contributed by atoms with Crippen molar-refractivity contribution in [3.05, 3.63) is 66.2 Å². The SMILES string of the molecule is CC(OCCCNC(=O)C(C(C)C)n1nnc(-c2ccccc2)n1)c1ccccc1. The summed E-state index contributed by atoms with van der Waals surface area (Å²) in [5.41, 5.74) is 2.02. The second-order valence-corrected chi connectivity index (χ2v) is 7.56. The first-order valence-electron chi connectivity index (χ1n) is 10.4. The monoisotopic (exact) mass is 407 g/mol. The molecule has 3 aromatic rings. The van der Waals surface area contributed by atoms with Gasteiger partial charge in [-0.15, -0.1) is 10.2 Å². The Bertz CT molecular complexity index is 912. The van der Waals surface area contributed by atoms with Gasteiger partial charge in [-0.3, -0.25) is 4.79 Å². The Hall–Kier alpha value is -3.06. The molecule has 158 valence electrons. The van der Waals surface area contributed by atoms with Crippen molar-refractivity contribution in [3.8, 4) is 11.4 Å². The average Bonchev–Trinajstić information content (AvgIpc) is 3.24. The highest BCUT2D eigenvalue weighted by molar-refractivity contribution is 5.80. The van der Waals surface area contributed by atoms with E-state index in [2.05, 4.69) is 32.9 Å². The van der Waals surface area contributed by atoms with Crippen molar-refractivity contribution in [2.24, 2.45) is 5.92 Å². The van der Waals surface area contributed by atoms with Gasteiger partial charge >= 0.3 is 0 Å². The van der Waals surface area contributed by atoms with Gasteiger partial charge in [-0.05, 0) is 30.0 Å². The summed E-state index contributed by atoms with van der Waals surface area (Å²) in [4.78, 5) is 14.2. The number of nitrogens with zero attached hydrogens (tertiary/aromatic N) is 4. The molecule has 0 spiro atoms. The Morgan fingerprint density at radius 3 is 2.37 bits per heavy atom. The Balaban J connectivity index is 1.49. The van der Waals surface area contributed by atoms with Crippen LogP contribution in [0.1, 0.15) is 44.9 Å². The highest BCUT2D eigenvalue weighted by Gasteiger charge is 2.26. The van der Waals surface area contributed by atoms with E-state index >= 15 is 0 Å². The van der Waals surface area contributed by atoms with E-state index in [4.69, 9.17) is 4.74 Å². The first-order chi connectivity index (χ1) is 14.6. The van der Waals surface area contributed by atoms with E-state index in [0.29, 0.717) is 19.0 Å². The van der Waals surface area contributed by atoms with Crippen molar-refractivity contribution in [1.82, 2.24) is 25.5 Å². The third-order valence-corrected chi connectivity index (χ3v) is 4.87. The molecule has 1 heterocycles. The van der Waals surface area contributed by atoms with Gasteiger partial charge in [0.25, 0.3) is 0 Å². The molecule has 1 aromatic heterocycles. The minimum atomic E-state index is -0.515. The van der Waals surface area contributed by atoms with Crippen LogP contribution in [0, 0.1) is 5.92 Å². The van der Waals surface area contributed by atoms with Crippen LogP contribution in [0.2, 0.25) is 0 Å². The molecule has 2 aromatic carbocycles. The molecule has 0 saturated heterocycles. The van der Waals surface area contributed by atoms with E-state index in [1.165, 1.54) is 4.80 Å². The molecule has 30 heavy (non-hydrogen) atoms. The summed E-state index contributed by atoms with van der Waals surface area (Å²) in [7, 11) is 0. The van der Waals surface area contributed by atoms with Gasteiger partial charge in [-0.1, -0.05) is 74.5 Å². The summed E-state index contributed by atoms with van der Waals surface area (Å²) < 4.78 is 5.86. The summed E-state index contributed by atoms with van der Waals surface area (Å²) in [5, 5.41) is 15.6. The summed E-state index contributed by atoms with van der Waals surface area (Å²) >= 11 is 0. The minimum absolute atomic E-state index is 0.0252. The zero-order chi connectivity index (χ0) is 21.3.